The van der Waals surface area contributed by atoms with Crippen molar-refractivity contribution < 1.29 is 28.6 Å². The Hall–Kier alpha value is -3.03. The molecule has 1 aromatic heterocycles. The Balaban J connectivity index is 1.56. The SMILES string of the molecule is COCOc1cc(-c2ccc(OCC(O)c3cccc(OC(C)C)c3)cc2)on1. The van der Waals surface area contributed by atoms with Crippen LogP contribution in [0.2, 0.25) is 0 Å². The molecule has 0 saturated carbocycles. The Morgan fingerprint density at radius 3 is 2.52 bits per heavy atom. The van der Waals surface area contributed by atoms with Crippen LogP contribution in [0.1, 0.15) is 25.5 Å². The van der Waals surface area contributed by atoms with Gasteiger partial charge in [-0.2, -0.15) is 0 Å². The Morgan fingerprint density at radius 2 is 1.79 bits per heavy atom. The highest BCUT2D eigenvalue weighted by molar-refractivity contribution is 5.59. The van der Waals surface area contributed by atoms with E-state index in [-0.39, 0.29) is 19.5 Å². The molecule has 29 heavy (non-hydrogen) atoms. The van der Waals surface area contributed by atoms with Crippen molar-refractivity contribution in [3.05, 3.63) is 60.2 Å². The van der Waals surface area contributed by atoms with E-state index in [0.717, 1.165) is 16.9 Å². The molecule has 0 spiro atoms. The number of aliphatic hydroxyl groups is 1. The summed E-state index contributed by atoms with van der Waals surface area (Å²) < 4.78 is 26.7. The Morgan fingerprint density at radius 1 is 1.00 bits per heavy atom. The summed E-state index contributed by atoms with van der Waals surface area (Å²) in [7, 11) is 1.53. The van der Waals surface area contributed by atoms with E-state index in [4.69, 9.17) is 23.5 Å². The van der Waals surface area contributed by atoms with E-state index in [1.165, 1.54) is 7.11 Å². The van der Waals surface area contributed by atoms with Crippen LogP contribution in [0.15, 0.2) is 59.1 Å². The first-order valence-corrected chi connectivity index (χ1v) is 9.31. The van der Waals surface area contributed by atoms with Crippen molar-refractivity contribution in [1.29, 1.82) is 0 Å². The zero-order valence-corrected chi connectivity index (χ0v) is 16.7. The molecule has 0 amide bonds. The van der Waals surface area contributed by atoms with Gasteiger partial charge in [0.05, 0.1) is 6.10 Å². The molecule has 0 aliphatic rings. The van der Waals surface area contributed by atoms with E-state index in [1.54, 1.807) is 18.2 Å². The van der Waals surface area contributed by atoms with Gasteiger partial charge in [0, 0.05) is 18.7 Å². The number of hydrogen-bond donors (Lipinski definition) is 1. The maximum absolute atomic E-state index is 10.4. The summed E-state index contributed by atoms with van der Waals surface area (Å²) in [6.45, 7) is 4.15. The minimum absolute atomic E-state index is 0.0733. The predicted octanol–water partition coefficient (Wildman–Crippen LogP) is 4.22. The average molecular weight is 399 g/mol. The van der Waals surface area contributed by atoms with Crippen LogP contribution < -0.4 is 14.2 Å². The van der Waals surface area contributed by atoms with Crippen molar-refractivity contribution in [1.82, 2.24) is 5.16 Å². The lowest BCUT2D eigenvalue weighted by Gasteiger charge is -2.15. The van der Waals surface area contributed by atoms with Gasteiger partial charge in [-0.1, -0.05) is 12.1 Å². The van der Waals surface area contributed by atoms with E-state index < -0.39 is 6.10 Å². The van der Waals surface area contributed by atoms with Gasteiger partial charge in [-0.15, -0.1) is 0 Å². The third-order valence-electron chi connectivity index (χ3n) is 3.97. The van der Waals surface area contributed by atoms with Crippen molar-refractivity contribution in [2.45, 2.75) is 26.1 Å². The zero-order valence-electron chi connectivity index (χ0n) is 16.7. The lowest BCUT2D eigenvalue weighted by Crippen LogP contribution is -2.10. The molecule has 0 radical (unpaired) electrons. The van der Waals surface area contributed by atoms with Gasteiger partial charge in [-0.25, -0.2) is 0 Å². The van der Waals surface area contributed by atoms with Crippen LogP contribution in [0.3, 0.4) is 0 Å². The summed E-state index contributed by atoms with van der Waals surface area (Å²) in [5.74, 6) is 2.29. The van der Waals surface area contributed by atoms with Crippen LogP contribution in [0.25, 0.3) is 11.3 Å². The molecule has 154 valence electrons. The maximum Gasteiger partial charge on any atom is 0.256 e. The molecule has 7 heteroatoms. The van der Waals surface area contributed by atoms with Gasteiger partial charge in [0.1, 0.15) is 24.2 Å². The van der Waals surface area contributed by atoms with Gasteiger partial charge in [0.2, 0.25) is 0 Å². The first-order valence-electron chi connectivity index (χ1n) is 9.31. The summed E-state index contributed by atoms with van der Waals surface area (Å²) >= 11 is 0. The fourth-order valence-electron chi connectivity index (χ4n) is 2.64. The highest BCUT2D eigenvalue weighted by Gasteiger charge is 2.11. The topological polar surface area (TPSA) is 83.2 Å². The molecule has 3 aromatic rings. The van der Waals surface area contributed by atoms with Gasteiger partial charge in [-0.3, -0.25) is 0 Å². The van der Waals surface area contributed by atoms with E-state index in [2.05, 4.69) is 5.16 Å². The van der Waals surface area contributed by atoms with E-state index >= 15 is 0 Å². The monoisotopic (exact) mass is 399 g/mol. The van der Waals surface area contributed by atoms with Crippen molar-refractivity contribution in [2.75, 3.05) is 20.5 Å². The number of ether oxygens (including phenoxy) is 4. The van der Waals surface area contributed by atoms with Crippen LogP contribution in [-0.2, 0) is 4.74 Å². The third-order valence-corrected chi connectivity index (χ3v) is 3.97. The molecule has 0 aliphatic heterocycles. The number of hydrogen-bond acceptors (Lipinski definition) is 7. The number of aliphatic hydroxyl groups excluding tert-OH is 1. The third kappa shape index (κ3) is 5.97. The molecule has 0 fully saturated rings. The van der Waals surface area contributed by atoms with E-state index in [9.17, 15) is 5.11 Å². The molecule has 1 unspecified atom stereocenters. The molecule has 3 rings (SSSR count). The molecular weight excluding hydrogens is 374 g/mol. The molecule has 1 atom stereocenters. The molecule has 1 heterocycles. The number of aromatic nitrogens is 1. The summed E-state index contributed by atoms with van der Waals surface area (Å²) in [6.07, 6.45) is -0.690. The standard InChI is InChI=1S/C22H25NO6/c1-15(2)28-19-6-4-5-17(11-19)20(24)13-26-18-9-7-16(8-10-18)21-12-22(23-29-21)27-14-25-3/h4-12,15,20,24H,13-14H2,1-3H3. The van der Waals surface area contributed by atoms with Crippen LogP contribution in [0.4, 0.5) is 0 Å². The minimum atomic E-state index is -0.764. The zero-order chi connectivity index (χ0) is 20.6. The lowest BCUT2D eigenvalue weighted by atomic mass is 10.1. The molecular formula is C22H25NO6. The number of methoxy groups -OCH3 is 1. The van der Waals surface area contributed by atoms with Crippen LogP contribution in [0.5, 0.6) is 17.4 Å². The highest BCUT2D eigenvalue weighted by Crippen LogP contribution is 2.26. The van der Waals surface area contributed by atoms with E-state index in [1.807, 2.05) is 50.2 Å². The van der Waals surface area contributed by atoms with Gasteiger partial charge in [-0.05, 0) is 61.0 Å². The molecule has 0 saturated heterocycles. The van der Waals surface area contributed by atoms with Gasteiger partial charge >= 0.3 is 0 Å². The summed E-state index contributed by atoms with van der Waals surface area (Å²) in [5.41, 5.74) is 1.57. The highest BCUT2D eigenvalue weighted by atomic mass is 16.7. The molecule has 0 aliphatic carbocycles. The second-order valence-corrected chi connectivity index (χ2v) is 6.67. The molecule has 0 bridgehead atoms. The number of nitrogens with zero attached hydrogens (tertiary/aromatic N) is 1. The summed E-state index contributed by atoms with van der Waals surface area (Å²) in [4.78, 5) is 0. The maximum atomic E-state index is 10.4. The quantitative estimate of drug-likeness (QED) is 0.511. The smallest absolute Gasteiger partial charge is 0.256 e. The first-order chi connectivity index (χ1) is 14.0. The van der Waals surface area contributed by atoms with Crippen molar-refractivity contribution in [2.24, 2.45) is 0 Å². The van der Waals surface area contributed by atoms with Crippen LogP contribution in [-0.4, -0.2) is 36.9 Å². The summed E-state index contributed by atoms with van der Waals surface area (Å²) in [6, 6.07) is 16.4. The van der Waals surface area contributed by atoms with Crippen LogP contribution in [0, 0.1) is 0 Å². The Bertz CT molecular complexity index is 890. The second-order valence-electron chi connectivity index (χ2n) is 6.67. The first kappa shape index (κ1) is 20.7. The Kier molecular flexibility index (Phi) is 7.10. The molecule has 1 N–H and O–H groups in total. The predicted molar refractivity (Wildman–Crippen MR) is 107 cm³/mol. The molecule has 2 aromatic carbocycles. The van der Waals surface area contributed by atoms with Gasteiger partial charge < -0.3 is 28.6 Å². The lowest BCUT2D eigenvalue weighted by molar-refractivity contribution is 0.0453. The van der Waals surface area contributed by atoms with Crippen LogP contribution >= 0.6 is 0 Å². The Labute approximate surface area is 169 Å². The van der Waals surface area contributed by atoms with Crippen molar-refractivity contribution in [3.8, 4) is 28.7 Å². The van der Waals surface area contributed by atoms with Gasteiger partial charge in [0.25, 0.3) is 5.88 Å². The summed E-state index contributed by atoms with van der Waals surface area (Å²) in [5, 5.41) is 14.2. The van der Waals surface area contributed by atoms with Crippen molar-refractivity contribution in [3.63, 3.8) is 0 Å². The average Bonchev–Trinajstić information content (AvgIpc) is 3.19. The fourth-order valence-corrected chi connectivity index (χ4v) is 2.64. The number of benzene rings is 2. The fraction of sp³-hybridized carbons (Fsp3) is 0.318. The molecule has 7 nitrogen and oxygen atoms in total. The normalized spacial score (nSPS) is 12.0. The minimum Gasteiger partial charge on any atom is -0.491 e. The van der Waals surface area contributed by atoms with Gasteiger partial charge in [0.15, 0.2) is 12.6 Å². The number of rotatable bonds is 10. The second kappa shape index (κ2) is 9.95. The van der Waals surface area contributed by atoms with Crippen molar-refractivity contribution >= 4 is 0 Å². The largest absolute Gasteiger partial charge is 0.491 e. The van der Waals surface area contributed by atoms with E-state index in [0.29, 0.717) is 17.4 Å².